The van der Waals surface area contributed by atoms with Crippen molar-refractivity contribution in [1.29, 1.82) is 0 Å². The zero-order valence-corrected chi connectivity index (χ0v) is 9.07. The molecule has 1 aromatic carbocycles. The van der Waals surface area contributed by atoms with E-state index in [1.54, 1.807) is 0 Å². The lowest BCUT2D eigenvalue weighted by Crippen LogP contribution is -2.06. The average Bonchev–Trinajstić information content (AvgIpc) is 2.85. The second kappa shape index (κ2) is 3.85. The number of rotatable bonds is 3. The molecule has 1 saturated carbocycles. The quantitative estimate of drug-likeness (QED) is 0.878. The standard InChI is InChI=1S/C10H10BrF2N/c11-8-3-7(12)4-9(13)10(8)14-5-6-1-2-6/h3-4,6,14H,1-2,5H2. The number of benzene rings is 1. The molecule has 0 atom stereocenters. The van der Waals surface area contributed by atoms with Crippen LogP contribution in [0.1, 0.15) is 12.8 Å². The minimum atomic E-state index is -0.564. The Bertz CT molecular complexity index is 327. The van der Waals surface area contributed by atoms with Gasteiger partial charge in [0.05, 0.1) is 5.69 Å². The van der Waals surface area contributed by atoms with E-state index in [4.69, 9.17) is 0 Å². The van der Waals surface area contributed by atoms with Crippen LogP contribution in [-0.2, 0) is 0 Å². The van der Waals surface area contributed by atoms with Crippen molar-refractivity contribution < 1.29 is 8.78 Å². The van der Waals surface area contributed by atoms with Gasteiger partial charge in [-0.05, 0) is 40.8 Å². The molecule has 0 amide bonds. The summed E-state index contributed by atoms with van der Waals surface area (Å²) in [6, 6.07) is 2.15. The number of halogens is 3. The fourth-order valence-corrected chi connectivity index (χ4v) is 1.83. The maximum Gasteiger partial charge on any atom is 0.150 e. The smallest absolute Gasteiger partial charge is 0.150 e. The van der Waals surface area contributed by atoms with Gasteiger partial charge in [-0.3, -0.25) is 0 Å². The third kappa shape index (κ3) is 2.23. The summed E-state index contributed by atoms with van der Waals surface area (Å²) in [5, 5.41) is 2.98. The molecule has 0 heterocycles. The molecule has 76 valence electrons. The van der Waals surface area contributed by atoms with E-state index in [0.717, 1.165) is 12.6 Å². The second-order valence-electron chi connectivity index (χ2n) is 3.57. The highest BCUT2D eigenvalue weighted by molar-refractivity contribution is 9.10. The van der Waals surface area contributed by atoms with Crippen LogP contribution in [0.5, 0.6) is 0 Å². The zero-order chi connectivity index (χ0) is 10.1. The first-order valence-corrected chi connectivity index (χ1v) is 5.34. The molecular formula is C10H10BrF2N. The zero-order valence-electron chi connectivity index (χ0n) is 7.49. The van der Waals surface area contributed by atoms with Crippen LogP contribution in [0, 0.1) is 17.6 Å². The van der Waals surface area contributed by atoms with Crippen molar-refractivity contribution in [1.82, 2.24) is 0 Å². The fraction of sp³-hybridized carbons (Fsp3) is 0.400. The van der Waals surface area contributed by atoms with Gasteiger partial charge in [-0.15, -0.1) is 0 Å². The molecule has 2 rings (SSSR count). The first-order valence-electron chi connectivity index (χ1n) is 4.55. The average molecular weight is 262 g/mol. The third-order valence-electron chi connectivity index (χ3n) is 2.27. The summed E-state index contributed by atoms with van der Waals surface area (Å²) < 4.78 is 26.4. The molecule has 14 heavy (non-hydrogen) atoms. The third-order valence-corrected chi connectivity index (χ3v) is 2.90. The molecule has 0 aromatic heterocycles. The van der Waals surface area contributed by atoms with Gasteiger partial charge < -0.3 is 5.32 Å². The number of anilines is 1. The molecule has 1 N–H and O–H groups in total. The highest BCUT2D eigenvalue weighted by Gasteiger charge is 2.21. The van der Waals surface area contributed by atoms with Gasteiger partial charge in [-0.25, -0.2) is 8.78 Å². The fourth-order valence-electron chi connectivity index (χ4n) is 1.28. The molecule has 0 spiro atoms. The van der Waals surface area contributed by atoms with E-state index in [1.807, 2.05) is 0 Å². The monoisotopic (exact) mass is 261 g/mol. The lowest BCUT2D eigenvalue weighted by atomic mass is 10.3. The Morgan fingerprint density at radius 2 is 2.07 bits per heavy atom. The van der Waals surface area contributed by atoms with Crippen molar-refractivity contribution in [3.8, 4) is 0 Å². The normalized spacial score (nSPS) is 15.6. The molecular weight excluding hydrogens is 252 g/mol. The Kier molecular flexibility index (Phi) is 2.72. The van der Waals surface area contributed by atoms with Gasteiger partial charge in [-0.1, -0.05) is 0 Å². The number of nitrogens with one attached hydrogen (secondary N) is 1. The largest absolute Gasteiger partial charge is 0.381 e. The summed E-state index contributed by atoms with van der Waals surface area (Å²) in [5.41, 5.74) is 0.360. The SMILES string of the molecule is Fc1cc(F)c(NCC2CC2)c(Br)c1. The molecule has 0 saturated heterocycles. The van der Waals surface area contributed by atoms with Gasteiger partial charge in [0.25, 0.3) is 0 Å². The van der Waals surface area contributed by atoms with E-state index in [-0.39, 0.29) is 0 Å². The van der Waals surface area contributed by atoms with Gasteiger partial charge >= 0.3 is 0 Å². The van der Waals surface area contributed by atoms with Crippen molar-refractivity contribution in [3.05, 3.63) is 28.2 Å². The molecule has 0 aliphatic heterocycles. The minimum Gasteiger partial charge on any atom is -0.381 e. The van der Waals surface area contributed by atoms with Crippen LogP contribution in [-0.4, -0.2) is 6.54 Å². The lowest BCUT2D eigenvalue weighted by molar-refractivity contribution is 0.583. The van der Waals surface area contributed by atoms with Crippen molar-refractivity contribution in [2.45, 2.75) is 12.8 Å². The maximum absolute atomic E-state index is 13.2. The van der Waals surface area contributed by atoms with Gasteiger partial charge in [0.1, 0.15) is 11.6 Å². The predicted octanol–water partition coefficient (Wildman–Crippen LogP) is 3.55. The first-order chi connectivity index (χ1) is 6.66. The summed E-state index contributed by atoms with van der Waals surface area (Å²) in [4.78, 5) is 0. The van der Waals surface area contributed by atoms with Crippen LogP contribution in [0.4, 0.5) is 14.5 Å². The van der Waals surface area contributed by atoms with Gasteiger partial charge in [-0.2, -0.15) is 0 Å². The van der Waals surface area contributed by atoms with Crippen LogP contribution >= 0.6 is 15.9 Å². The highest BCUT2D eigenvalue weighted by Crippen LogP contribution is 2.31. The molecule has 0 bridgehead atoms. The highest BCUT2D eigenvalue weighted by atomic mass is 79.9. The topological polar surface area (TPSA) is 12.0 Å². The van der Waals surface area contributed by atoms with Crippen molar-refractivity contribution >= 4 is 21.6 Å². The van der Waals surface area contributed by atoms with E-state index in [2.05, 4.69) is 21.2 Å². The Morgan fingerprint density at radius 1 is 1.36 bits per heavy atom. The molecule has 1 fully saturated rings. The summed E-state index contributed by atoms with van der Waals surface area (Å²) in [7, 11) is 0. The maximum atomic E-state index is 13.2. The molecule has 1 aromatic rings. The molecule has 1 nitrogen and oxygen atoms in total. The van der Waals surface area contributed by atoms with Crippen molar-refractivity contribution in [2.75, 3.05) is 11.9 Å². The van der Waals surface area contributed by atoms with Crippen LogP contribution in [0.2, 0.25) is 0 Å². The molecule has 4 heteroatoms. The molecule has 0 radical (unpaired) electrons. The Morgan fingerprint density at radius 3 is 2.64 bits per heavy atom. The van der Waals surface area contributed by atoms with Crippen molar-refractivity contribution in [2.24, 2.45) is 5.92 Å². The van der Waals surface area contributed by atoms with E-state index in [9.17, 15) is 8.78 Å². The first kappa shape index (κ1) is 9.90. The number of hydrogen-bond acceptors (Lipinski definition) is 1. The van der Waals surface area contributed by atoms with Gasteiger partial charge in [0.2, 0.25) is 0 Å². The summed E-state index contributed by atoms with van der Waals surface area (Å²) in [6.45, 7) is 0.765. The molecule has 0 unspecified atom stereocenters. The van der Waals surface area contributed by atoms with E-state index in [1.165, 1.54) is 18.9 Å². The van der Waals surface area contributed by atoms with E-state index in [0.29, 0.717) is 16.1 Å². The van der Waals surface area contributed by atoms with Crippen LogP contribution in [0.15, 0.2) is 16.6 Å². The Balaban J connectivity index is 2.13. The summed E-state index contributed by atoms with van der Waals surface area (Å²) in [6.07, 6.45) is 2.40. The van der Waals surface area contributed by atoms with Crippen LogP contribution in [0.25, 0.3) is 0 Å². The second-order valence-corrected chi connectivity index (χ2v) is 4.42. The summed E-state index contributed by atoms with van der Waals surface area (Å²) in [5.74, 6) is -0.449. The van der Waals surface area contributed by atoms with Crippen molar-refractivity contribution in [3.63, 3.8) is 0 Å². The Labute approximate surface area is 89.6 Å². The van der Waals surface area contributed by atoms with E-state index < -0.39 is 11.6 Å². The van der Waals surface area contributed by atoms with Gasteiger partial charge in [0.15, 0.2) is 0 Å². The predicted molar refractivity (Wildman–Crippen MR) is 55.3 cm³/mol. The van der Waals surface area contributed by atoms with Crippen LogP contribution in [0.3, 0.4) is 0 Å². The van der Waals surface area contributed by atoms with Gasteiger partial charge in [0, 0.05) is 17.1 Å². The number of hydrogen-bond donors (Lipinski definition) is 1. The van der Waals surface area contributed by atoms with E-state index >= 15 is 0 Å². The molecule has 1 aliphatic rings. The Hall–Kier alpha value is -0.640. The van der Waals surface area contributed by atoms with Crippen LogP contribution < -0.4 is 5.32 Å². The summed E-state index contributed by atoms with van der Waals surface area (Å²) >= 11 is 3.13. The minimum absolute atomic E-state index is 0.360. The lowest BCUT2D eigenvalue weighted by Gasteiger charge is -2.08. The molecule has 1 aliphatic carbocycles.